The first kappa shape index (κ1) is 12.5. The van der Waals surface area contributed by atoms with E-state index in [1.807, 2.05) is 0 Å². The Bertz CT molecular complexity index is 361. The molecule has 1 aromatic heterocycles. The molecule has 3 N–H and O–H groups in total. The maximum Gasteiger partial charge on any atom is 0.256 e. The lowest BCUT2D eigenvalue weighted by Gasteiger charge is -2.32. The predicted molar refractivity (Wildman–Crippen MR) is 60.1 cm³/mol. The largest absolute Gasteiger partial charge is 0.382 e. The van der Waals surface area contributed by atoms with Gasteiger partial charge in [0.05, 0.1) is 0 Å². The van der Waals surface area contributed by atoms with Crippen LogP contribution < -0.4 is 5.73 Å². The van der Waals surface area contributed by atoms with Gasteiger partial charge in [0.1, 0.15) is 11.7 Å². The molecule has 2 rings (SSSR count). The van der Waals surface area contributed by atoms with Gasteiger partial charge in [0.15, 0.2) is 0 Å². The molecule has 0 aromatic carbocycles. The highest BCUT2D eigenvalue weighted by Gasteiger charge is 2.38. The van der Waals surface area contributed by atoms with Gasteiger partial charge in [-0.05, 0) is 12.8 Å². The summed E-state index contributed by atoms with van der Waals surface area (Å²) in [6.07, 6.45) is 4.28. The second-order valence-electron chi connectivity index (χ2n) is 4.47. The summed E-state index contributed by atoms with van der Waals surface area (Å²) in [5.74, 6) is 0.701. The molecule has 1 unspecified atom stereocenters. The van der Waals surface area contributed by atoms with Gasteiger partial charge in [-0.15, -0.1) is 0 Å². The van der Waals surface area contributed by atoms with Crippen molar-refractivity contribution < 1.29 is 14.4 Å². The third kappa shape index (κ3) is 2.34. The molecular weight excluding hydrogens is 222 g/mol. The first-order valence-corrected chi connectivity index (χ1v) is 5.99. The lowest BCUT2D eigenvalue weighted by molar-refractivity contribution is -0.0527. The van der Waals surface area contributed by atoms with Gasteiger partial charge in [-0.25, -0.2) is 0 Å². The van der Waals surface area contributed by atoms with Crippen molar-refractivity contribution in [2.45, 2.75) is 43.8 Å². The zero-order chi connectivity index (χ0) is 12.3. The number of aliphatic hydroxyl groups excluding tert-OH is 1. The Hall–Kier alpha value is -0.980. The highest BCUT2D eigenvalue weighted by atomic mass is 16.5. The Morgan fingerprint density at radius 2 is 2.18 bits per heavy atom. The number of ether oxygens (including phenoxy) is 1. The van der Waals surface area contributed by atoms with Crippen molar-refractivity contribution in [3.63, 3.8) is 0 Å². The minimum absolute atomic E-state index is 0.0710. The van der Waals surface area contributed by atoms with Crippen LogP contribution >= 0.6 is 0 Å². The molecule has 0 bridgehead atoms. The minimum Gasteiger partial charge on any atom is -0.382 e. The SMILES string of the molecule is COC1(c2noc(C(O)CN)n2)CCCCC1. The van der Waals surface area contributed by atoms with Crippen molar-refractivity contribution in [1.29, 1.82) is 0 Å². The van der Waals surface area contributed by atoms with Gasteiger partial charge in [-0.3, -0.25) is 0 Å². The molecule has 0 aliphatic heterocycles. The van der Waals surface area contributed by atoms with E-state index in [9.17, 15) is 5.11 Å². The van der Waals surface area contributed by atoms with Crippen LogP contribution in [0.2, 0.25) is 0 Å². The molecule has 1 aliphatic carbocycles. The van der Waals surface area contributed by atoms with Crippen LogP contribution in [0.3, 0.4) is 0 Å². The Balaban J connectivity index is 2.22. The van der Waals surface area contributed by atoms with Crippen LogP contribution in [-0.4, -0.2) is 28.9 Å². The fourth-order valence-corrected chi connectivity index (χ4v) is 2.30. The third-order valence-corrected chi connectivity index (χ3v) is 3.41. The maximum atomic E-state index is 9.54. The van der Waals surface area contributed by atoms with E-state index in [0.717, 1.165) is 25.7 Å². The molecule has 1 saturated carbocycles. The van der Waals surface area contributed by atoms with Gasteiger partial charge < -0.3 is 20.1 Å². The number of nitrogens with two attached hydrogens (primary N) is 1. The van der Waals surface area contributed by atoms with Crippen molar-refractivity contribution >= 4 is 0 Å². The van der Waals surface area contributed by atoms with Crippen molar-refractivity contribution in [2.75, 3.05) is 13.7 Å². The van der Waals surface area contributed by atoms with Crippen molar-refractivity contribution in [1.82, 2.24) is 10.1 Å². The quantitative estimate of drug-likeness (QED) is 0.812. The van der Waals surface area contributed by atoms with E-state index < -0.39 is 11.7 Å². The monoisotopic (exact) mass is 241 g/mol. The Morgan fingerprint density at radius 1 is 1.47 bits per heavy atom. The summed E-state index contributed by atoms with van der Waals surface area (Å²) >= 11 is 0. The number of aliphatic hydroxyl groups is 1. The fourth-order valence-electron chi connectivity index (χ4n) is 2.30. The van der Waals surface area contributed by atoms with E-state index in [-0.39, 0.29) is 12.4 Å². The van der Waals surface area contributed by atoms with E-state index in [1.165, 1.54) is 6.42 Å². The molecule has 1 fully saturated rings. The van der Waals surface area contributed by atoms with E-state index >= 15 is 0 Å². The Kier molecular flexibility index (Phi) is 3.76. The number of methoxy groups -OCH3 is 1. The Morgan fingerprint density at radius 3 is 2.76 bits per heavy atom. The predicted octanol–water partition coefficient (Wildman–Crippen LogP) is 0.867. The minimum atomic E-state index is -0.895. The molecule has 0 spiro atoms. The highest BCUT2D eigenvalue weighted by Crippen LogP contribution is 2.38. The standard InChI is InChI=1S/C11H19N3O3/c1-16-11(5-3-2-4-6-11)10-13-9(17-14-10)8(15)7-12/h8,15H,2-7,12H2,1H3. The van der Waals surface area contributed by atoms with Gasteiger partial charge in [0.25, 0.3) is 5.89 Å². The Labute approximate surface area is 100 Å². The molecule has 1 aromatic rings. The summed E-state index contributed by atoms with van der Waals surface area (Å²) in [6, 6.07) is 0. The van der Waals surface area contributed by atoms with Crippen LogP contribution in [0.5, 0.6) is 0 Å². The first-order chi connectivity index (χ1) is 8.22. The first-order valence-electron chi connectivity index (χ1n) is 5.99. The number of hydrogen-bond donors (Lipinski definition) is 2. The fraction of sp³-hybridized carbons (Fsp3) is 0.818. The van der Waals surface area contributed by atoms with Crippen molar-refractivity contribution in [3.05, 3.63) is 11.7 Å². The molecule has 0 radical (unpaired) electrons. The van der Waals surface area contributed by atoms with Gasteiger partial charge >= 0.3 is 0 Å². The lowest BCUT2D eigenvalue weighted by atomic mass is 9.84. The van der Waals surface area contributed by atoms with Crippen LogP contribution in [0, 0.1) is 0 Å². The van der Waals surface area contributed by atoms with E-state index in [0.29, 0.717) is 5.82 Å². The average Bonchev–Trinajstić information content (AvgIpc) is 2.88. The van der Waals surface area contributed by atoms with Crippen LogP contribution in [-0.2, 0) is 10.3 Å². The second-order valence-corrected chi connectivity index (χ2v) is 4.47. The molecule has 0 saturated heterocycles. The summed E-state index contributed by atoms with van der Waals surface area (Å²) in [7, 11) is 1.67. The number of aromatic nitrogens is 2. The molecule has 96 valence electrons. The number of rotatable bonds is 4. The van der Waals surface area contributed by atoms with Crippen LogP contribution in [0.4, 0.5) is 0 Å². The van der Waals surface area contributed by atoms with Gasteiger partial charge in [-0.1, -0.05) is 24.4 Å². The number of nitrogens with zero attached hydrogens (tertiary/aromatic N) is 2. The van der Waals surface area contributed by atoms with Crippen LogP contribution in [0.1, 0.15) is 49.9 Å². The molecule has 0 amide bonds. The smallest absolute Gasteiger partial charge is 0.256 e. The summed E-state index contributed by atoms with van der Waals surface area (Å²) < 4.78 is 10.6. The molecule has 6 nitrogen and oxygen atoms in total. The molecule has 1 atom stereocenters. The van der Waals surface area contributed by atoms with E-state index in [4.69, 9.17) is 15.0 Å². The topological polar surface area (TPSA) is 94.4 Å². The molecule has 17 heavy (non-hydrogen) atoms. The average molecular weight is 241 g/mol. The summed E-state index contributed by atoms with van der Waals surface area (Å²) in [6.45, 7) is 0.0710. The summed E-state index contributed by atoms with van der Waals surface area (Å²) in [5.41, 5.74) is 4.90. The van der Waals surface area contributed by atoms with Gasteiger partial charge in [0, 0.05) is 13.7 Å². The van der Waals surface area contributed by atoms with Gasteiger partial charge in [-0.2, -0.15) is 4.98 Å². The molecule has 1 heterocycles. The molecular formula is C11H19N3O3. The van der Waals surface area contributed by atoms with Crippen LogP contribution in [0.25, 0.3) is 0 Å². The highest BCUT2D eigenvalue weighted by molar-refractivity contribution is 5.04. The second kappa shape index (κ2) is 5.12. The summed E-state index contributed by atoms with van der Waals surface area (Å²) in [5, 5.41) is 13.5. The number of hydrogen-bond acceptors (Lipinski definition) is 6. The zero-order valence-corrected chi connectivity index (χ0v) is 10.1. The molecule has 6 heteroatoms. The van der Waals surface area contributed by atoms with Crippen LogP contribution in [0.15, 0.2) is 4.52 Å². The van der Waals surface area contributed by atoms with Gasteiger partial charge in [0.2, 0.25) is 5.82 Å². The maximum absolute atomic E-state index is 9.54. The molecule has 1 aliphatic rings. The summed E-state index contributed by atoms with van der Waals surface area (Å²) in [4.78, 5) is 4.21. The zero-order valence-electron chi connectivity index (χ0n) is 10.1. The van der Waals surface area contributed by atoms with Crippen molar-refractivity contribution in [2.24, 2.45) is 5.73 Å². The lowest BCUT2D eigenvalue weighted by Crippen LogP contribution is -2.32. The third-order valence-electron chi connectivity index (χ3n) is 3.41. The van der Waals surface area contributed by atoms with Crippen molar-refractivity contribution in [3.8, 4) is 0 Å². The van der Waals surface area contributed by atoms with E-state index in [2.05, 4.69) is 10.1 Å². The van der Waals surface area contributed by atoms with E-state index in [1.54, 1.807) is 7.11 Å². The normalized spacial score (nSPS) is 21.4.